The van der Waals surface area contributed by atoms with Gasteiger partial charge in [-0.1, -0.05) is 91.0 Å². The maximum Gasteiger partial charge on any atom is 0.0992 e. The first-order chi connectivity index (χ1) is 31.0. The van der Waals surface area contributed by atoms with Gasteiger partial charge in [-0.15, -0.1) is 0 Å². The monoisotopic (exact) mass is 800 g/mol. The molecule has 0 aliphatic heterocycles. The van der Waals surface area contributed by atoms with Gasteiger partial charge in [-0.3, -0.25) is 0 Å². The molecule has 63 heavy (non-hydrogen) atoms. The fourth-order valence-corrected chi connectivity index (χ4v) is 9.96. The molecular formula is C57H32N6. The lowest BCUT2D eigenvalue weighted by Gasteiger charge is -2.34. The second kappa shape index (κ2) is 14.5. The maximum atomic E-state index is 10.1. The van der Waals surface area contributed by atoms with Crippen molar-refractivity contribution in [2.45, 2.75) is 5.41 Å². The highest BCUT2D eigenvalue weighted by Crippen LogP contribution is 2.65. The standard InChI is InChI=1S/C57H32N6/c58-33-37-19-23-41(24-20-37)62(43-11-7-9-39(29-43)35-60)45-27-28-50-53(31-45)57(51-17-5-3-13-46(51)47-14-4-6-18-52(47)57)54-32-55(48-15-1-2-16-49(48)56(50)54)63(42-25-21-38(34-59)22-26-42)44-12-8-10-40(30-44)36-61/h1-32H. The van der Waals surface area contributed by atoms with Crippen LogP contribution in [0.15, 0.2) is 194 Å². The average Bonchev–Trinajstić information content (AvgIpc) is 3.82. The summed E-state index contributed by atoms with van der Waals surface area (Å²) in [7, 11) is 0. The summed E-state index contributed by atoms with van der Waals surface area (Å²) in [6.45, 7) is 0. The van der Waals surface area contributed by atoms with Gasteiger partial charge in [0.2, 0.25) is 0 Å². The van der Waals surface area contributed by atoms with Crippen LogP contribution in [-0.4, -0.2) is 0 Å². The topological polar surface area (TPSA) is 102 Å². The van der Waals surface area contributed by atoms with Crippen molar-refractivity contribution in [3.05, 3.63) is 239 Å². The minimum absolute atomic E-state index is 0.541. The van der Waals surface area contributed by atoms with Gasteiger partial charge < -0.3 is 9.80 Å². The van der Waals surface area contributed by atoms with Crippen LogP contribution in [0.25, 0.3) is 33.0 Å². The van der Waals surface area contributed by atoms with Gasteiger partial charge in [0.25, 0.3) is 0 Å². The van der Waals surface area contributed by atoms with E-state index in [2.05, 4.69) is 131 Å². The van der Waals surface area contributed by atoms with Crippen molar-refractivity contribution in [2.75, 3.05) is 9.80 Å². The molecule has 0 bridgehead atoms. The first kappa shape index (κ1) is 36.8. The second-order valence-corrected chi connectivity index (χ2v) is 15.7. The van der Waals surface area contributed by atoms with E-state index in [0.717, 1.165) is 67.2 Å². The van der Waals surface area contributed by atoms with Crippen LogP contribution < -0.4 is 9.80 Å². The molecule has 0 atom stereocenters. The molecular weight excluding hydrogens is 769 g/mol. The summed E-state index contributed by atoms with van der Waals surface area (Å²) in [5.74, 6) is 0. The Morgan fingerprint density at radius 3 is 1.37 bits per heavy atom. The summed E-state index contributed by atoms with van der Waals surface area (Å²) >= 11 is 0. The molecule has 0 heterocycles. The molecule has 9 aromatic rings. The minimum Gasteiger partial charge on any atom is -0.310 e. The molecule has 0 unspecified atom stereocenters. The Morgan fingerprint density at radius 1 is 0.317 bits per heavy atom. The third-order valence-corrected chi connectivity index (χ3v) is 12.5. The van der Waals surface area contributed by atoms with E-state index in [4.69, 9.17) is 0 Å². The van der Waals surface area contributed by atoms with Gasteiger partial charge in [0.15, 0.2) is 0 Å². The van der Waals surface area contributed by atoms with Crippen molar-refractivity contribution in [3.63, 3.8) is 0 Å². The molecule has 0 saturated carbocycles. The molecule has 0 radical (unpaired) electrons. The first-order valence-electron chi connectivity index (χ1n) is 20.6. The summed E-state index contributed by atoms with van der Waals surface area (Å²) in [6, 6.07) is 74.7. The smallest absolute Gasteiger partial charge is 0.0992 e. The van der Waals surface area contributed by atoms with Crippen LogP contribution in [0.4, 0.5) is 34.1 Å². The Kier molecular flexibility index (Phi) is 8.49. The lowest BCUT2D eigenvalue weighted by molar-refractivity contribution is 0.794. The molecule has 0 aromatic heterocycles. The number of rotatable bonds is 6. The summed E-state index contributed by atoms with van der Waals surface area (Å²) in [5.41, 5.74) is 15.8. The Bertz CT molecular complexity index is 3480. The fraction of sp³-hybridized carbons (Fsp3) is 0.0175. The summed E-state index contributed by atoms with van der Waals surface area (Å²) in [6.07, 6.45) is 0. The Morgan fingerprint density at radius 2 is 0.794 bits per heavy atom. The number of hydrogen-bond acceptors (Lipinski definition) is 6. The Balaban J connectivity index is 1.25. The van der Waals surface area contributed by atoms with Gasteiger partial charge in [-0.2, -0.15) is 21.0 Å². The molecule has 0 N–H and O–H groups in total. The normalized spacial score (nSPS) is 12.2. The average molecular weight is 801 g/mol. The van der Waals surface area contributed by atoms with Gasteiger partial charge in [0, 0.05) is 33.8 Å². The van der Waals surface area contributed by atoms with Gasteiger partial charge in [-0.25, -0.2) is 0 Å². The molecule has 9 aromatic carbocycles. The highest BCUT2D eigenvalue weighted by Gasteiger charge is 2.52. The van der Waals surface area contributed by atoms with Gasteiger partial charge in [0.05, 0.1) is 57.6 Å². The van der Waals surface area contributed by atoms with E-state index in [1.54, 1.807) is 0 Å². The summed E-state index contributed by atoms with van der Waals surface area (Å²) < 4.78 is 0. The van der Waals surface area contributed by atoms with Gasteiger partial charge in [0.1, 0.15) is 0 Å². The van der Waals surface area contributed by atoms with E-state index in [1.807, 2.05) is 97.1 Å². The van der Waals surface area contributed by atoms with Crippen LogP contribution in [0.1, 0.15) is 44.5 Å². The van der Waals surface area contributed by atoms with E-state index in [-0.39, 0.29) is 0 Å². The zero-order valence-electron chi connectivity index (χ0n) is 33.7. The minimum atomic E-state index is -0.762. The molecule has 0 saturated heterocycles. The van der Waals surface area contributed by atoms with Crippen molar-refractivity contribution in [2.24, 2.45) is 0 Å². The van der Waals surface area contributed by atoms with Crippen molar-refractivity contribution in [3.8, 4) is 46.5 Å². The zero-order chi connectivity index (χ0) is 42.7. The van der Waals surface area contributed by atoms with Gasteiger partial charge >= 0.3 is 0 Å². The molecule has 2 aliphatic rings. The number of benzene rings is 9. The quantitative estimate of drug-likeness (QED) is 0.166. The first-order valence-corrected chi connectivity index (χ1v) is 20.6. The number of fused-ring (bicyclic) bond motifs is 12. The molecule has 290 valence electrons. The lowest BCUT2D eigenvalue weighted by Crippen LogP contribution is -2.26. The third kappa shape index (κ3) is 5.54. The highest BCUT2D eigenvalue weighted by molar-refractivity contribution is 6.12. The zero-order valence-corrected chi connectivity index (χ0v) is 33.7. The Labute approximate surface area is 364 Å². The van der Waals surface area contributed by atoms with Crippen LogP contribution in [0.5, 0.6) is 0 Å². The van der Waals surface area contributed by atoms with E-state index >= 15 is 0 Å². The second-order valence-electron chi connectivity index (χ2n) is 15.7. The number of hydrogen-bond donors (Lipinski definition) is 0. The molecule has 0 amide bonds. The number of nitriles is 4. The van der Waals surface area contributed by atoms with Crippen molar-refractivity contribution in [1.29, 1.82) is 21.0 Å². The van der Waals surface area contributed by atoms with Crippen molar-refractivity contribution in [1.82, 2.24) is 0 Å². The van der Waals surface area contributed by atoms with E-state index in [0.29, 0.717) is 22.3 Å². The largest absolute Gasteiger partial charge is 0.310 e. The molecule has 1 spiro atoms. The lowest BCUT2D eigenvalue weighted by atomic mass is 9.70. The predicted molar refractivity (Wildman–Crippen MR) is 248 cm³/mol. The van der Waals surface area contributed by atoms with Crippen molar-refractivity contribution >= 4 is 44.9 Å². The molecule has 6 heteroatoms. The summed E-state index contributed by atoms with van der Waals surface area (Å²) in [5, 5.41) is 41.7. The predicted octanol–water partition coefficient (Wildman–Crippen LogP) is 13.6. The SMILES string of the molecule is N#Cc1ccc(N(c2cccc(C#N)c2)c2ccc3c(c2)C2(c4ccccc4-c4ccccc42)c2cc(N(c4ccc(C#N)cc4)c4cccc(C#N)c4)c4ccccc4c2-3)cc1. The van der Waals surface area contributed by atoms with E-state index < -0.39 is 5.41 Å². The Hall–Kier alpha value is -9.20. The summed E-state index contributed by atoms with van der Waals surface area (Å²) in [4.78, 5) is 4.36. The van der Waals surface area contributed by atoms with Crippen LogP contribution in [0.2, 0.25) is 0 Å². The molecule has 2 aliphatic carbocycles. The maximum absolute atomic E-state index is 10.1. The molecule has 11 rings (SSSR count). The van der Waals surface area contributed by atoms with Crippen LogP contribution in [-0.2, 0) is 5.41 Å². The fourth-order valence-electron chi connectivity index (χ4n) is 9.96. The van der Waals surface area contributed by atoms with Gasteiger partial charge in [-0.05, 0) is 153 Å². The number of anilines is 6. The van der Waals surface area contributed by atoms with E-state index in [1.165, 1.54) is 22.3 Å². The van der Waals surface area contributed by atoms with Crippen LogP contribution in [0.3, 0.4) is 0 Å². The molecule has 0 fully saturated rings. The number of nitrogens with zero attached hydrogens (tertiary/aromatic N) is 6. The van der Waals surface area contributed by atoms with E-state index in [9.17, 15) is 21.0 Å². The van der Waals surface area contributed by atoms with Crippen molar-refractivity contribution < 1.29 is 0 Å². The third-order valence-electron chi connectivity index (χ3n) is 12.5. The van der Waals surface area contributed by atoms with Crippen LogP contribution in [0, 0.1) is 45.3 Å². The highest BCUT2D eigenvalue weighted by atomic mass is 15.1. The molecule has 6 nitrogen and oxygen atoms in total. The van der Waals surface area contributed by atoms with Crippen LogP contribution >= 0.6 is 0 Å².